The summed E-state index contributed by atoms with van der Waals surface area (Å²) in [6, 6.07) is 3.54. The summed E-state index contributed by atoms with van der Waals surface area (Å²) in [5.74, 6) is 3.03. The molecule has 0 radical (unpaired) electrons. The van der Waals surface area contributed by atoms with E-state index < -0.39 is 0 Å². The molecule has 0 unspecified atom stereocenters. The summed E-state index contributed by atoms with van der Waals surface area (Å²) in [5, 5.41) is 0. The fourth-order valence-corrected chi connectivity index (χ4v) is 2.42. The van der Waals surface area contributed by atoms with Gasteiger partial charge in [-0.05, 0) is 38.7 Å². The van der Waals surface area contributed by atoms with Gasteiger partial charge in [0.15, 0.2) is 17.3 Å². The molecule has 0 aliphatic rings. The SMILES string of the molecule is CCOc1ccc(C(=O)CSCC)c(OCC)c1OCC. The standard InChI is InChI=1S/C16H24O4S/c1-5-18-14-10-9-12(13(17)11-21-8-4)15(19-6-2)16(14)20-7-3/h9-10H,5-8,11H2,1-4H3. The Kier molecular flexibility index (Phi) is 8.05. The Bertz CT molecular complexity index is 460. The van der Waals surface area contributed by atoms with Crippen LogP contribution in [0.1, 0.15) is 38.1 Å². The summed E-state index contributed by atoms with van der Waals surface area (Å²) >= 11 is 1.59. The molecule has 1 aromatic rings. The molecule has 0 bridgehead atoms. The molecule has 1 rings (SSSR count). The number of carbonyl (C=O) groups is 1. The lowest BCUT2D eigenvalue weighted by Gasteiger charge is -2.18. The van der Waals surface area contributed by atoms with Gasteiger partial charge in [0.05, 0.1) is 31.1 Å². The molecule has 0 atom stereocenters. The monoisotopic (exact) mass is 312 g/mol. The Morgan fingerprint density at radius 2 is 1.57 bits per heavy atom. The highest BCUT2D eigenvalue weighted by Crippen LogP contribution is 2.41. The van der Waals surface area contributed by atoms with Gasteiger partial charge in [-0.2, -0.15) is 11.8 Å². The van der Waals surface area contributed by atoms with Gasteiger partial charge in [0.25, 0.3) is 0 Å². The summed E-state index contributed by atoms with van der Waals surface area (Å²) in [6.45, 7) is 9.21. The van der Waals surface area contributed by atoms with Crippen molar-refractivity contribution in [3.8, 4) is 17.2 Å². The lowest BCUT2D eigenvalue weighted by Crippen LogP contribution is -2.10. The van der Waals surface area contributed by atoms with E-state index in [4.69, 9.17) is 14.2 Å². The summed E-state index contributed by atoms with van der Waals surface area (Å²) in [4.78, 5) is 12.3. The maximum Gasteiger partial charge on any atom is 0.204 e. The molecule has 0 heterocycles. The fourth-order valence-electron chi connectivity index (χ4n) is 1.87. The molecule has 0 aromatic heterocycles. The minimum Gasteiger partial charge on any atom is -0.490 e. The van der Waals surface area contributed by atoms with E-state index in [-0.39, 0.29) is 5.78 Å². The first-order valence-corrected chi connectivity index (χ1v) is 8.51. The molecule has 21 heavy (non-hydrogen) atoms. The molecule has 0 amide bonds. The average Bonchev–Trinajstić information content (AvgIpc) is 2.48. The van der Waals surface area contributed by atoms with Gasteiger partial charge in [0.2, 0.25) is 5.75 Å². The van der Waals surface area contributed by atoms with Gasteiger partial charge in [-0.3, -0.25) is 4.79 Å². The van der Waals surface area contributed by atoms with Crippen LogP contribution < -0.4 is 14.2 Å². The van der Waals surface area contributed by atoms with Crippen LogP contribution in [-0.2, 0) is 0 Å². The third-order valence-corrected chi connectivity index (χ3v) is 3.57. The molecular weight excluding hydrogens is 288 g/mol. The Hall–Kier alpha value is -1.36. The van der Waals surface area contributed by atoms with Crippen molar-refractivity contribution < 1.29 is 19.0 Å². The first-order valence-electron chi connectivity index (χ1n) is 7.35. The van der Waals surface area contributed by atoms with Crippen LogP contribution in [0.2, 0.25) is 0 Å². The predicted octanol–water partition coefficient (Wildman–Crippen LogP) is 3.82. The highest BCUT2D eigenvalue weighted by molar-refractivity contribution is 7.99. The van der Waals surface area contributed by atoms with Crippen molar-refractivity contribution in [1.82, 2.24) is 0 Å². The molecular formula is C16H24O4S. The van der Waals surface area contributed by atoms with Gasteiger partial charge >= 0.3 is 0 Å². The number of ether oxygens (including phenoxy) is 3. The summed E-state index contributed by atoms with van der Waals surface area (Å²) in [7, 11) is 0. The van der Waals surface area contributed by atoms with Crippen molar-refractivity contribution in [1.29, 1.82) is 0 Å². The van der Waals surface area contributed by atoms with Crippen LogP contribution in [0.3, 0.4) is 0 Å². The molecule has 5 heteroatoms. The van der Waals surface area contributed by atoms with E-state index in [1.807, 2.05) is 27.7 Å². The van der Waals surface area contributed by atoms with Crippen molar-refractivity contribution in [2.24, 2.45) is 0 Å². The van der Waals surface area contributed by atoms with Crippen LogP contribution in [0.5, 0.6) is 17.2 Å². The Morgan fingerprint density at radius 3 is 2.14 bits per heavy atom. The highest BCUT2D eigenvalue weighted by atomic mass is 32.2. The number of benzene rings is 1. The Morgan fingerprint density at radius 1 is 0.952 bits per heavy atom. The van der Waals surface area contributed by atoms with E-state index >= 15 is 0 Å². The van der Waals surface area contributed by atoms with E-state index in [9.17, 15) is 4.79 Å². The molecule has 0 saturated heterocycles. The van der Waals surface area contributed by atoms with E-state index in [1.54, 1.807) is 23.9 Å². The summed E-state index contributed by atoms with van der Waals surface area (Å²) in [6.07, 6.45) is 0. The number of hydrogen-bond acceptors (Lipinski definition) is 5. The molecule has 0 N–H and O–H groups in total. The minimum atomic E-state index is 0.0503. The maximum atomic E-state index is 12.3. The van der Waals surface area contributed by atoms with E-state index in [1.165, 1.54) is 0 Å². The second-order valence-corrected chi connectivity index (χ2v) is 5.40. The third kappa shape index (κ3) is 4.84. The fraction of sp³-hybridized carbons (Fsp3) is 0.562. The number of Topliss-reactive ketones (excluding diaryl/α,β-unsaturated/α-hetero) is 1. The van der Waals surface area contributed by atoms with Crippen molar-refractivity contribution in [3.63, 3.8) is 0 Å². The lowest BCUT2D eigenvalue weighted by molar-refractivity contribution is 0.101. The molecule has 4 nitrogen and oxygen atoms in total. The number of rotatable bonds is 10. The Labute approximate surface area is 131 Å². The van der Waals surface area contributed by atoms with Crippen LogP contribution in [0.25, 0.3) is 0 Å². The summed E-state index contributed by atoms with van der Waals surface area (Å²) < 4.78 is 16.9. The van der Waals surface area contributed by atoms with E-state index in [2.05, 4.69) is 0 Å². The zero-order valence-corrected chi connectivity index (χ0v) is 14.0. The zero-order chi connectivity index (χ0) is 15.7. The zero-order valence-electron chi connectivity index (χ0n) is 13.2. The molecule has 0 aliphatic heterocycles. The average molecular weight is 312 g/mol. The topological polar surface area (TPSA) is 44.8 Å². The third-order valence-electron chi connectivity index (χ3n) is 2.69. The van der Waals surface area contributed by atoms with Crippen LogP contribution >= 0.6 is 11.8 Å². The van der Waals surface area contributed by atoms with E-state index in [0.717, 1.165) is 5.75 Å². The summed E-state index contributed by atoms with van der Waals surface area (Å²) in [5.41, 5.74) is 0.560. The van der Waals surface area contributed by atoms with Gasteiger partial charge in [-0.15, -0.1) is 0 Å². The number of ketones is 1. The van der Waals surface area contributed by atoms with Crippen LogP contribution in [-0.4, -0.2) is 37.1 Å². The van der Waals surface area contributed by atoms with Gasteiger partial charge in [-0.25, -0.2) is 0 Å². The van der Waals surface area contributed by atoms with Crippen LogP contribution in [0, 0.1) is 0 Å². The quantitative estimate of drug-likeness (QED) is 0.615. The predicted molar refractivity (Wildman–Crippen MR) is 87.3 cm³/mol. The first kappa shape index (κ1) is 17.7. The first-order chi connectivity index (χ1) is 10.2. The molecule has 0 aliphatic carbocycles. The second-order valence-electron chi connectivity index (χ2n) is 4.13. The van der Waals surface area contributed by atoms with Gasteiger partial charge in [0.1, 0.15) is 0 Å². The number of hydrogen-bond donors (Lipinski definition) is 0. The smallest absolute Gasteiger partial charge is 0.204 e. The number of thioether (sulfide) groups is 1. The molecule has 0 saturated carbocycles. The van der Waals surface area contributed by atoms with Crippen molar-refractivity contribution in [2.45, 2.75) is 27.7 Å². The van der Waals surface area contributed by atoms with E-state index in [0.29, 0.717) is 48.4 Å². The second kappa shape index (κ2) is 9.55. The lowest BCUT2D eigenvalue weighted by atomic mass is 10.1. The van der Waals surface area contributed by atoms with Gasteiger partial charge < -0.3 is 14.2 Å². The Balaban J connectivity index is 3.23. The van der Waals surface area contributed by atoms with Crippen molar-refractivity contribution >= 4 is 17.5 Å². The largest absolute Gasteiger partial charge is 0.490 e. The maximum absolute atomic E-state index is 12.3. The highest BCUT2D eigenvalue weighted by Gasteiger charge is 2.21. The van der Waals surface area contributed by atoms with Crippen LogP contribution in [0.15, 0.2) is 12.1 Å². The minimum absolute atomic E-state index is 0.0503. The molecule has 118 valence electrons. The number of carbonyl (C=O) groups excluding carboxylic acids is 1. The van der Waals surface area contributed by atoms with Gasteiger partial charge in [-0.1, -0.05) is 6.92 Å². The normalized spacial score (nSPS) is 10.3. The van der Waals surface area contributed by atoms with Crippen molar-refractivity contribution in [2.75, 3.05) is 31.3 Å². The van der Waals surface area contributed by atoms with Gasteiger partial charge in [0, 0.05) is 0 Å². The molecule has 1 aromatic carbocycles. The molecule has 0 spiro atoms. The molecule has 0 fully saturated rings. The van der Waals surface area contributed by atoms with Crippen LogP contribution in [0.4, 0.5) is 0 Å². The van der Waals surface area contributed by atoms with Crippen molar-refractivity contribution in [3.05, 3.63) is 17.7 Å².